The summed E-state index contributed by atoms with van der Waals surface area (Å²) in [5.41, 5.74) is 3.46. The molecule has 4 rings (SSSR count). The molecular formula is C19H20FN5O. The largest absolute Gasteiger partial charge is 0.298 e. The molecule has 1 aliphatic rings. The van der Waals surface area contributed by atoms with Gasteiger partial charge in [-0.25, -0.2) is 4.39 Å². The Kier molecular flexibility index (Phi) is 4.46. The quantitative estimate of drug-likeness (QED) is 0.703. The summed E-state index contributed by atoms with van der Waals surface area (Å²) in [5, 5.41) is 5.12. The Bertz CT molecular complexity index is 954. The number of carbonyl (C=O) groups excluding carboxylic acids is 1. The lowest BCUT2D eigenvalue weighted by molar-refractivity contribution is -0.119. The van der Waals surface area contributed by atoms with Crippen molar-refractivity contribution in [3.05, 3.63) is 42.6 Å². The zero-order valence-corrected chi connectivity index (χ0v) is 14.6. The number of aryl methyl sites for hydroxylation is 1. The monoisotopic (exact) mass is 353 g/mol. The van der Waals surface area contributed by atoms with Crippen LogP contribution in [0.25, 0.3) is 22.0 Å². The molecule has 0 aromatic carbocycles. The molecule has 3 aromatic heterocycles. The first kappa shape index (κ1) is 16.8. The van der Waals surface area contributed by atoms with Crippen LogP contribution in [0.3, 0.4) is 0 Å². The van der Waals surface area contributed by atoms with Gasteiger partial charge in [-0.2, -0.15) is 5.10 Å². The first-order valence-electron chi connectivity index (χ1n) is 8.68. The molecule has 4 heterocycles. The van der Waals surface area contributed by atoms with E-state index < -0.39 is 6.17 Å². The standard InChI is InChI=1S/C19H20FN5O/c1-24-10-15(8-23-24)14-4-13-5-17(21-9-19(13)22-7-14)6-18(26)12-25-3-2-16(20)11-25/h4-5,7-10,16H,2-3,6,11-12H2,1H3/t16-/m1/s1. The average Bonchev–Trinajstić information content (AvgIpc) is 3.22. The maximum Gasteiger partial charge on any atom is 0.152 e. The van der Waals surface area contributed by atoms with Gasteiger partial charge in [-0.15, -0.1) is 0 Å². The van der Waals surface area contributed by atoms with Crippen molar-refractivity contribution in [2.24, 2.45) is 7.05 Å². The second kappa shape index (κ2) is 6.92. The number of hydrogen-bond donors (Lipinski definition) is 0. The van der Waals surface area contributed by atoms with Crippen LogP contribution in [0.4, 0.5) is 4.39 Å². The minimum atomic E-state index is -0.807. The average molecular weight is 353 g/mol. The van der Waals surface area contributed by atoms with Crippen LogP contribution >= 0.6 is 0 Å². The molecule has 7 heteroatoms. The highest BCUT2D eigenvalue weighted by Gasteiger charge is 2.23. The molecule has 0 aliphatic carbocycles. The van der Waals surface area contributed by atoms with E-state index in [9.17, 15) is 9.18 Å². The summed E-state index contributed by atoms with van der Waals surface area (Å²) in [6.07, 6.45) is 7.18. The van der Waals surface area contributed by atoms with Gasteiger partial charge in [0.2, 0.25) is 0 Å². The topological polar surface area (TPSA) is 63.9 Å². The molecule has 0 unspecified atom stereocenters. The third-order valence-corrected chi connectivity index (χ3v) is 4.66. The van der Waals surface area contributed by atoms with E-state index in [4.69, 9.17) is 0 Å². The van der Waals surface area contributed by atoms with Gasteiger partial charge in [0.25, 0.3) is 0 Å². The summed E-state index contributed by atoms with van der Waals surface area (Å²) < 4.78 is 15.0. The van der Waals surface area contributed by atoms with Crippen molar-refractivity contribution in [3.8, 4) is 11.1 Å². The Labute approximate surface area is 150 Å². The second-order valence-electron chi connectivity index (χ2n) is 6.83. The van der Waals surface area contributed by atoms with Crippen LogP contribution in [0.2, 0.25) is 0 Å². The van der Waals surface area contributed by atoms with Crippen molar-refractivity contribution >= 4 is 16.7 Å². The molecule has 1 saturated heterocycles. The van der Waals surface area contributed by atoms with Crippen LogP contribution in [0, 0.1) is 0 Å². The first-order chi connectivity index (χ1) is 12.6. The van der Waals surface area contributed by atoms with Crippen LogP contribution in [-0.4, -0.2) is 56.2 Å². The number of pyridine rings is 2. The van der Waals surface area contributed by atoms with Crippen molar-refractivity contribution in [3.63, 3.8) is 0 Å². The van der Waals surface area contributed by atoms with Crippen LogP contribution < -0.4 is 0 Å². The van der Waals surface area contributed by atoms with Gasteiger partial charge < -0.3 is 0 Å². The zero-order chi connectivity index (χ0) is 18.1. The molecule has 26 heavy (non-hydrogen) atoms. The molecule has 3 aromatic rings. The lowest BCUT2D eigenvalue weighted by Crippen LogP contribution is -2.29. The smallest absolute Gasteiger partial charge is 0.152 e. The van der Waals surface area contributed by atoms with Crippen molar-refractivity contribution in [2.45, 2.75) is 19.0 Å². The minimum Gasteiger partial charge on any atom is -0.298 e. The molecule has 0 radical (unpaired) electrons. The Morgan fingerprint density at radius 2 is 2.12 bits per heavy atom. The van der Waals surface area contributed by atoms with Gasteiger partial charge in [0, 0.05) is 54.7 Å². The van der Waals surface area contributed by atoms with E-state index in [0.717, 1.165) is 22.0 Å². The van der Waals surface area contributed by atoms with E-state index in [1.807, 2.05) is 30.3 Å². The van der Waals surface area contributed by atoms with Gasteiger partial charge in [0.1, 0.15) is 6.17 Å². The van der Waals surface area contributed by atoms with Crippen LogP contribution in [-0.2, 0) is 18.3 Å². The molecule has 0 bridgehead atoms. The maximum atomic E-state index is 13.2. The fraction of sp³-hybridized carbons (Fsp3) is 0.368. The Morgan fingerprint density at radius 1 is 1.23 bits per heavy atom. The number of rotatable bonds is 5. The van der Waals surface area contributed by atoms with Crippen LogP contribution in [0.1, 0.15) is 12.1 Å². The van der Waals surface area contributed by atoms with E-state index in [-0.39, 0.29) is 18.7 Å². The summed E-state index contributed by atoms with van der Waals surface area (Å²) in [4.78, 5) is 22.9. The third-order valence-electron chi connectivity index (χ3n) is 4.66. The number of nitrogens with zero attached hydrogens (tertiary/aromatic N) is 5. The lowest BCUT2D eigenvalue weighted by Gasteiger charge is -2.13. The molecule has 6 nitrogen and oxygen atoms in total. The van der Waals surface area contributed by atoms with Crippen molar-refractivity contribution in [1.29, 1.82) is 0 Å². The fourth-order valence-electron chi connectivity index (χ4n) is 3.34. The van der Waals surface area contributed by atoms with Gasteiger partial charge in [-0.05, 0) is 18.6 Å². The number of halogens is 1. The number of likely N-dealkylation sites (tertiary alicyclic amines) is 1. The highest BCUT2D eigenvalue weighted by molar-refractivity contribution is 5.86. The number of hydrogen-bond acceptors (Lipinski definition) is 5. The van der Waals surface area contributed by atoms with Gasteiger partial charge in [0.05, 0.1) is 30.9 Å². The van der Waals surface area contributed by atoms with Crippen molar-refractivity contribution in [2.75, 3.05) is 19.6 Å². The molecule has 0 amide bonds. The van der Waals surface area contributed by atoms with E-state index >= 15 is 0 Å². The molecule has 1 fully saturated rings. The summed E-state index contributed by atoms with van der Waals surface area (Å²) in [5.74, 6) is 0.0577. The molecule has 0 saturated carbocycles. The van der Waals surface area contributed by atoms with E-state index in [2.05, 4.69) is 15.1 Å². The number of carbonyl (C=O) groups is 1. The zero-order valence-electron chi connectivity index (χ0n) is 14.6. The third kappa shape index (κ3) is 3.62. The molecular weight excluding hydrogens is 333 g/mol. The summed E-state index contributed by atoms with van der Waals surface area (Å²) in [6.45, 7) is 1.29. The molecule has 1 aliphatic heterocycles. The van der Waals surface area contributed by atoms with Crippen molar-refractivity contribution in [1.82, 2.24) is 24.6 Å². The predicted octanol–water partition coefficient (Wildman–Crippen LogP) is 2.19. The number of aromatic nitrogens is 4. The number of alkyl halides is 1. The number of ketones is 1. The Hall–Kier alpha value is -2.67. The van der Waals surface area contributed by atoms with Gasteiger partial charge in [-0.3, -0.25) is 24.3 Å². The van der Waals surface area contributed by atoms with Gasteiger partial charge in [-0.1, -0.05) is 0 Å². The fourth-order valence-corrected chi connectivity index (χ4v) is 3.34. The Balaban J connectivity index is 1.51. The van der Waals surface area contributed by atoms with Crippen LogP contribution in [0.15, 0.2) is 36.9 Å². The highest BCUT2D eigenvalue weighted by Crippen LogP contribution is 2.22. The van der Waals surface area contributed by atoms with Crippen LogP contribution in [0.5, 0.6) is 0 Å². The normalized spacial score (nSPS) is 17.8. The van der Waals surface area contributed by atoms with E-state index in [0.29, 0.717) is 25.2 Å². The molecule has 0 N–H and O–H groups in total. The number of Topliss-reactive ketones (excluding diaryl/α,β-unsaturated/α-hetero) is 1. The number of fused-ring (bicyclic) bond motifs is 1. The SMILES string of the molecule is Cn1cc(-c2cnc3cnc(CC(=O)CN4CC[C@@H](F)C4)cc3c2)cn1. The molecule has 0 spiro atoms. The minimum absolute atomic E-state index is 0.0577. The molecule has 134 valence electrons. The van der Waals surface area contributed by atoms with Gasteiger partial charge in [0.15, 0.2) is 5.78 Å². The van der Waals surface area contributed by atoms with Gasteiger partial charge >= 0.3 is 0 Å². The predicted molar refractivity (Wildman–Crippen MR) is 96.4 cm³/mol. The second-order valence-corrected chi connectivity index (χ2v) is 6.83. The van der Waals surface area contributed by atoms with Crippen molar-refractivity contribution < 1.29 is 9.18 Å². The first-order valence-corrected chi connectivity index (χ1v) is 8.68. The summed E-state index contributed by atoms with van der Waals surface area (Å²) >= 11 is 0. The highest BCUT2D eigenvalue weighted by atomic mass is 19.1. The lowest BCUT2D eigenvalue weighted by atomic mass is 10.1. The summed E-state index contributed by atoms with van der Waals surface area (Å²) in [7, 11) is 1.87. The Morgan fingerprint density at radius 3 is 2.85 bits per heavy atom. The van der Waals surface area contributed by atoms with E-state index in [1.165, 1.54) is 0 Å². The van der Waals surface area contributed by atoms with E-state index in [1.54, 1.807) is 23.3 Å². The molecule has 1 atom stereocenters. The maximum absolute atomic E-state index is 13.2. The summed E-state index contributed by atoms with van der Waals surface area (Å²) in [6, 6.07) is 3.94.